The topological polar surface area (TPSA) is 51.2 Å². The van der Waals surface area contributed by atoms with E-state index in [1.54, 1.807) is 4.40 Å². The maximum Gasteiger partial charge on any atom is 0.168 e. The number of aromatic nitrogens is 5. The molecule has 1 atom stereocenters. The van der Waals surface area contributed by atoms with Gasteiger partial charge in [0.1, 0.15) is 6.67 Å². The highest BCUT2D eigenvalue weighted by Crippen LogP contribution is 2.48. The Kier molecular flexibility index (Phi) is 4.12. The molecular weight excluding hydrogens is 415 g/mol. The molecule has 0 radical (unpaired) electrons. The number of hydrogen-bond donors (Lipinski definition) is 0. The van der Waals surface area contributed by atoms with Crippen molar-refractivity contribution in [3.63, 3.8) is 0 Å². The summed E-state index contributed by atoms with van der Waals surface area (Å²) in [5, 5.41) is 13.8. The summed E-state index contributed by atoms with van der Waals surface area (Å²) in [6.45, 7) is 2.11. The molecule has 6 rings (SSSR count). The van der Waals surface area contributed by atoms with Crippen molar-refractivity contribution >= 4 is 22.9 Å². The predicted molar refractivity (Wildman–Crippen MR) is 117 cm³/mol. The molecule has 158 valence electrons. The van der Waals surface area contributed by atoms with Gasteiger partial charge in [0.05, 0.1) is 23.1 Å². The average molecular weight is 437 g/mol. The molecule has 0 unspecified atom stereocenters. The molecule has 1 aromatic carbocycles. The molecule has 1 saturated carbocycles. The van der Waals surface area contributed by atoms with Gasteiger partial charge in [-0.05, 0) is 49.1 Å². The van der Waals surface area contributed by atoms with E-state index in [-0.39, 0.29) is 6.04 Å². The van der Waals surface area contributed by atoms with E-state index in [9.17, 15) is 4.39 Å². The third kappa shape index (κ3) is 2.86. The lowest BCUT2D eigenvalue weighted by molar-refractivity contribution is 0.462. The lowest BCUT2D eigenvalue weighted by Gasteiger charge is -2.29. The Bertz CT molecular complexity index is 1300. The Labute approximate surface area is 184 Å². The quantitative estimate of drug-likeness (QED) is 0.457. The number of pyridine rings is 1. The van der Waals surface area contributed by atoms with E-state index in [4.69, 9.17) is 16.7 Å². The van der Waals surface area contributed by atoms with Gasteiger partial charge < -0.3 is 4.90 Å². The van der Waals surface area contributed by atoms with Crippen molar-refractivity contribution in [1.29, 1.82) is 0 Å². The Morgan fingerprint density at radius 2 is 1.94 bits per heavy atom. The van der Waals surface area contributed by atoms with Crippen molar-refractivity contribution in [3.8, 4) is 0 Å². The number of rotatable bonds is 4. The van der Waals surface area contributed by atoms with Gasteiger partial charge in [-0.3, -0.25) is 9.08 Å². The molecule has 0 amide bonds. The summed E-state index contributed by atoms with van der Waals surface area (Å²) in [7, 11) is 2.03. The van der Waals surface area contributed by atoms with Crippen molar-refractivity contribution in [1.82, 2.24) is 24.4 Å². The van der Waals surface area contributed by atoms with Gasteiger partial charge in [-0.25, -0.2) is 4.39 Å². The van der Waals surface area contributed by atoms with Gasteiger partial charge in [0.2, 0.25) is 0 Å². The van der Waals surface area contributed by atoms with Crippen LogP contribution >= 0.6 is 11.6 Å². The minimum Gasteiger partial charge on any atom is -0.353 e. The summed E-state index contributed by atoms with van der Waals surface area (Å²) >= 11 is 6.18. The third-order valence-corrected chi connectivity index (χ3v) is 6.72. The van der Waals surface area contributed by atoms with Gasteiger partial charge in [0, 0.05) is 36.3 Å². The number of aryl methyl sites for hydroxylation is 2. The van der Waals surface area contributed by atoms with Crippen LogP contribution in [-0.2, 0) is 20.3 Å². The van der Waals surface area contributed by atoms with Crippen LogP contribution in [-0.4, -0.2) is 24.4 Å². The molecule has 6 nitrogen and oxygen atoms in total. The Morgan fingerprint density at radius 1 is 1.16 bits per heavy atom. The van der Waals surface area contributed by atoms with Crippen LogP contribution in [0.3, 0.4) is 0 Å². The van der Waals surface area contributed by atoms with Crippen LogP contribution in [0.25, 0.3) is 5.65 Å². The zero-order chi connectivity index (χ0) is 21.3. The molecule has 0 saturated heterocycles. The summed E-state index contributed by atoms with van der Waals surface area (Å²) in [6.07, 6.45) is 4.37. The summed E-state index contributed by atoms with van der Waals surface area (Å²) in [4.78, 5) is 2.37. The summed E-state index contributed by atoms with van der Waals surface area (Å²) < 4.78 is 17.3. The second-order valence-electron chi connectivity index (χ2n) is 8.55. The number of benzene rings is 1. The van der Waals surface area contributed by atoms with E-state index in [0.29, 0.717) is 22.4 Å². The first-order chi connectivity index (χ1) is 15.0. The zero-order valence-corrected chi connectivity index (χ0v) is 18.1. The minimum absolute atomic E-state index is 0.000534. The fourth-order valence-corrected chi connectivity index (χ4v) is 4.98. The van der Waals surface area contributed by atoms with Crippen molar-refractivity contribution < 1.29 is 4.39 Å². The lowest BCUT2D eigenvalue weighted by Crippen LogP contribution is -2.25. The number of nitrogens with zero attached hydrogens (tertiary/aromatic N) is 6. The standard InChI is InChI=1S/C23H22ClFN6/c1-13-9-17(11-31-19(10-25)26-27-23(13)31)30-12-18-20(14-3-4-14)28-29(2)22(18)21(30)15-5-7-16(24)8-6-15/h5-9,11,14,21H,3-4,10,12H2,1-2H3/t21-/m1/s1. The smallest absolute Gasteiger partial charge is 0.168 e. The maximum atomic E-state index is 13.5. The number of anilines is 1. The molecule has 4 aromatic rings. The molecule has 0 spiro atoms. The molecule has 0 N–H and O–H groups in total. The fraction of sp³-hybridized carbons (Fsp3) is 0.348. The molecule has 1 fully saturated rings. The second-order valence-corrected chi connectivity index (χ2v) is 8.99. The van der Waals surface area contributed by atoms with E-state index in [1.807, 2.05) is 37.0 Å². The van der Waals surface area contributed by atoms with Gasteiger partial charge in [-0.2, -0.15) is 5.10 Å². The normalized spacial score (nSPS) is 18.2. The number of alkyl halides is 1. The molecule has 8 heteroatoms. The van der Waals surface area contributed by atoms with Gasteiger partial charge >= 0.3 is 0 Å². The van der Waals surface area contributed by atoms with Crippen LogP contribution < -0.4 is 4.90 Å². The number of halogens is 2. The van der Waals surface area contributed by atoms with E-state index in [1.165, 1.54) is 29.8 Å². The highest BCUT2D eigenvalue weighted by atomic mass is 35.5. The van der Waals surface area contributed by atoms with Crippen LogP contribution in [0.5, 0.6) is 0 Å². The molecule has 0 bridgehead atoms. The maximum absolute atomic E-state index is 13.5. The van der Waals surface area contributed by atoms with E-state index in [2.05, 4.69) is 33.3 Å². The minimum atomic E-state index is -0.652. The van der Waals surface area contributed by atoms with Gasteiger partial charge in [-0.15, -0.1) is 10.2 Å². The second kappa shape index (κ2) is 6.79. The van der Waals surface area contributed by atoms with Crippen LogP contribution in [0.2, 0.25) is 5.02 Å². The highest BCUT2D eigenvalue weighted by molar-refractivity contribution is 6.30. The SMILES string of the molecule is Cc1cc(N2Cc3c(C4CC4)nn(C)c3[C@H]2c2ccc(Cl)cc2)cn2c(CF)nnc12. The van der Waals surface area contributed by atoms with Crippen molar-refractivity contribution in [2.24, 2.45) is 7.05 Å². The molecule has 4 heterocycles. The van der Waals surface area contributed by atoms with E-state index in [0.717, 1.165) is 23.4 Å². The summed E-state index contributed by atoms with van der Waals surface area (Å²) in [5.74, 6) is 0.890. The predicted octanol–water partition coefficient (Wildman–Crippen LogP) is 4.88. The molecule has 3 aromatic heterocycles. The van der Waals surface area contributed by atoms with Crippen molar-refractivity contribution in [2.45, 2.75) is 44.9 Å². The number of fused-ring (bicyclic) bond motifs is 2. The molecular formula is C23H22ClFN6. The highest BCUT2D eigenvalue weighted by Gasteiger charge is 2.41. The summed E-state index contributed by atoms with van der Waals surface area (Å²) in [5.41, 5.74) is 7.59. The molecule has 1 aliphatic heterocycles. The Balaban J connectivity index is 1.54. The number of hydrogen-bond acceptors (Lipinski definition) is 4. The van der Waals surface area contributed by atoms with Crippen molar-refractivity contribution in [3.05, 3.63) is 75.5 Å². The Hall–Kier alpha value is -2.93. The first-order valence-corrected chi connectivity index (χ1v) is 10.9. The first-order valence-electron chi connectivity index (χ1n) is 10.5. The lowest BCUT2D eigenvalue weighted by atomic mass is 10.0. The monoisotopic (exact) mass is 436 g/mol. The van der Waals surface area contributed by atoms with E-state index >= 15 is 0 Å². The van der Waals surface area contributed by atoms with Gasteiger partial charge in [-0.1, -0.05) is 23.7 Å². The van der Waals surface area contributed by atoms with Gasteiger partial charge in [0.25, 0.3) is 0 Å². The van der Waals surface area contributed by atoms with Crippen LogP contribution in [0, 0.1) is 6.92 Å². The fourth-order valence-electron chi connectivity index (χ4n) is 4.86. The molecule has 1 aliphatic carbocycles. The van der Waals surface area contributed by atoms with Crippen LogP contribution in [0.4, 0.5) is 10.1 Å². The first kappa shape index (κ1) is 18.8. The molecule has 31 heavy (non-hydrogen) atoms. The average Bonchev–Trinajstić information content (AvgIpc) is 3.26. The summed E-state index contributed by atoms with van der Waals surface area (Å²) in [6, 6.07) is 10.1. The zero-order valence-electron chi connectivity index (χ0n) is 17.4. The largest absolute Gasteiger partial charge is 0.353 e. The van der Waals surface area contributed by atoms with Crippen LogP contribution in [0.15, 0.2) is 36.5 Å². The molecule has 2 aliphatic rings. The van der Waals surface area contributed by atoms with Crippen molar-refractivity contribution in [2.75, 3.05) is 4.90 Å². The van der Waals surface area contributed by atoms with E-state index < -0.39 is 6.67 Å². The Morgan fingerprint density at radius 3 is 2.65 bits per heavy atom. The van der Waals surface area contributed by atoms with Gasteiger partial charge in [0.15, 0.2) is 11.5 Å². The van der Waals surface area contributed by atoms with Crippen LogP contribution in [0.1, 0.15) is 58.7 Å². The third-order valence-electron chi connectivity index (χ3n) is 6.47.